The zero-order valence-corrected chi connectivity index (χ0v) is 13.2. The van der Waals surface area contributed by atoms with Gasteiger partial charge in [-0.2, -0.15) is 0 Å². The van der Waals surface area contributed by atoms with Gasteiger partial charge in [-0.15, -0.1) is 0 Å². The number of carbonyl (C=O) groups is 2. The molecular weight excluding hydrogens is 270 g/mol. The molecule has 118 valence electrons. The van der Waals surface area contributed by atoms with Crippen LogP contribution in [0.1, 0.15) is 46.1 Å². The molecular formula is C15H25N3O3. The average molecular weight is 295 g/mol. The number of hydrogen-bond acceptors (Lipinski definition) is 4. The van der Waals surface area contributed by atoms with E-state index in [-0.39, 0.29) is 17.9 Å². The van der Waals surface area contributed by atoms with Gasteiger partial charge in [-0.05, 0) is 12.3 Å². The fourth-order valence-corrected chi connectivity index (χ4v) is 2.25. The Morgan fingerprint density at radius 3 is 2.57 bits per heavy atom. The maximum Gasteiger partial charge on any atom is 0.328 e. The molecule has 2 atom stereocenters. The Bertz CT molecular complexity index is 443. The lowest BCUT2D eigenvalue weighted by atomic mass is 10.0. The summed E-state index contributed by atoms with van der Waals surface area (Å²) in [6, 6.07) is -0.546. The van der Waals surface area contributed by atoms with Gasteiger partial charge in [0, 0.05) is 24.9 Å². The fourth-order valence-electron chi connectivity index (χ4n) is 2.25. The summed E-state index contributed by atoms with van der Waals surface area (Å²) in [6.45, 7) is 5.83. The number of nitrogens with zero attached hydrogens (tertiary/aromatic N) is 2. The second kappa shape index (κ2) is 8.44. The standard InChI is InChI=1S/C15H25N3O3/c1-5-6-12(18-8-7-16-10-18)9-13(19)17-14(11(2)3)15(20)21-4/h7-8,10-12,14H,5-6,9H2,1-4H3,(H,17,19). The summed E-state index contributed by atoms with van der Waals surface area (Å²) in [6.07, 6.45) is 7.45. The van der Waals surface area contributed by atoms with E-state index in [0.717, 1.165) is 12.8 Å². The van der Waals surface area contributed by atoms with Gasteiger partial charge in [-0.3, -0.25) is 4.79 Å². The third-order valence-corrected chi connectivity index (χ3v) is 3.43. The first-order valence-electron chi connectivity index (χ1n) is 7.34. The highest BCUT2D eigenvalue weighted by Crippen LogP contribution is 2.18. The third kappa shape index (κ3) is 5.21. The monoisotopic (exact) mass is 295 g/mol. The van der Waals surface area contributed by atoms with E-state index in [4.69, 9.17) is 4.74 Å². The van der Waals surface area contributed by atoms with Crippen LogP contribution in [0.25, 0.3) is 0 Å². The molecule has 0 radical (unpaired) electrons. The van der Waals surface area contributed by atoms with Gasteiger partial charge in [-0.25, -0.2) is 9.78 Å². The van der Waals surface area contributed by atoms with Gasteiger partial charge in [0.15, 0.2) is 0 Å². The van der Waals surface area contributed by atoms with Crippen molar-refractivity contribution in [3.63, 3.8) is 0 Å². The largest absolute Gasteiger partial charge is 0.467 e. The lowest BCUT2D eigenvalue weighted by Gasteiger charge is -2.22. The summed E-state index contributed by atoms with van der Waals surface area (Å²) in [5.74, 6) is -0.571. The van der Waals surface area contributed by atoms with Crippen molar-refractivity contribution in [1.82, 2.24) is 14.9 Å². The molecule has 1 amide bonds. The van der Waals surface area contributed by atoms with Crippen molar-refractivity contribution < 1.29 is 14.3 Å². The minimum Gasteiger partial charge on any atom is -0.467 e. The van der Waals surface area contributed by atoms with Crippen LogP contribution in [-0.4, -0.2) is 34.6 Å². The number of aromatic nitrogens is 2. The number of methoxy groups -OCH3 is 1. The van der Waals surface area contributed by atoms with Gasteiger partial charge < -0.3 is 14.6 Å². The normalized spacial score (nSPS) is 13.8. The molecule has 0 aromatic carbocycles. The first kappa shape index (κ1) is 17.2. The number of ether oxygens (including phenoxy) is 1. The second-order valence-corrected chi connectivity index (χ2v) is 5.47. The van der Waals surface area contributed by atoms with Crippen LogP contribution in [0.4, 0.5) is 0 Å². The van der Waals surface area contributed by atoms with Crippen molar-refractivity contribution in [2.45, 2.75) is 52.1 Å². The van der Waals surface area contributed by atoms with Crippen molar-refractivity contribution >= 4 is 11.9 Å². The van der Waals surface area contributed by atoms with Gasteiger partial charge in [-0.1, -0.05) is 27.2 Å². The molecule has 0 aliphatic carbocycles. The van der Waals surface area contributed by atoms with Crippen LogP contribution in [0.15, 0.2) is 18.7 Å². The van der Waals surface area contributed by atoms with E-state index < -0.39 is 12.0 Å². The highest BCUT2D eigenvalue weighted by atomic mass is 16.5. The second-order valence-electron chi connectivity index (χ2n) is 5.47. The molecule has 0 saturated carbocycles. The Balaban J connectivity index is 2.67. The average Bonchev–Trinajstić information content (AvgIpc) is 2.97. The zero-order chi connectivity index (χ0) is 15.8. The van der Waals surface area contributed by atoms with Crippen molar-refractivity contribution in [1.29, 1.82) is 0 Å². The summed E-state index contributed by atoms with van der Waals surface area (Å²) in [5.41, 5.74) is 0. The van der Waals surface area contributed by atoms with Gasteiger partial charge in [0.1, 0.15) is 6.04 Å². The van der Waals surface area contributed by atoms with E-state index in [0.29, 0.717) is 6.42 Å². The van der Waals surface area contributed by atoms with Gasteiger partial charge in [0.2, 0.25) is 5.91 Å². The lowest BCUT2D eigenvalue weighted by Crippen LogP contribution is -2.45. The number of imidazole rings is 1. The fraction of sp³-hybridized carbons (Fsp3) is 0.667. The van der Waals surface area contributed by atoms with Crippen LogP contribution in [0, 0.1) is 5.92 Å². The summed E-state index contributed by atoms with van der Waals surface area (Å²) in [7, 11) is 1.33. The van der Waals surface area contributed by atoms with E-state index in [9.17, 15) is 9.59 Å². The maximum absolute atomic E-state index is 12.2. The van der Waals surface area contributed by atoms with Gasteiger partial charge >= 0.3 is 5.97 Å². The van der Waals surface area contributed by atoms with Crippen LogP contribution in [0.2, 0.25) is 0 Å². The number of esters is 1. The molecule has 1 heterocycles. The van der Waals surface area contributed by atoms with E-state index in [1.807, 2.05) is 24.6 Å². The van der Waals surface area contributed by atoms with Crippen LogP contribution in [0.3, 0.4) is 0 Å². The number of carbonyl (C=O) groups excluding carboxylic acids is 2. The van der Waals surface area contributed by atoms with Gasteiger partial charge in [0.05, 0.1) is 13.4 Å². The quantitative estimate of drug-likeness (QED) is 0.744. The molecule has 6 nitrogen and oxygen atoms in total. The van der Waals surface area contributed by atoms with E-state index in [2.05, 4.69) is 17.2 Å². The molecule has 1 rings (SSSR count). The topological polar surface area (TPSA) is 73.2 Å². The predicted molar refractivity (Wildman–Crippen MR) is 79.6 cm³/mol. The molecule has 1 aromatic heterocycles. The lowest BCUT2D eigenvalue weighted by molar-refractivity contribution is -0.146. The Kier molecular flexibility index (Phi) is 6.91. The molecule has 0 aliphatic heterocycles. The van der Waals surface area contributed by atoms with Crippen molar-refractivity contribution in [2.24, 2.45) is 5.92 Å². The van der Waals surface area contributed by atoms with Crippen molar-refractivity contribution in [2.75, 3.05) is 7.11 Å². The number of nitrogens with one attached hydrogen (secondary N) is 1. The zero-order valence-electron chi connectivity index (χ0n) is 13.2. The Hall–Kier alpha value is -1.85. The molecule has 1 aromatic rings. The SMILES string of the molecule is CCCC(CC(=O)NC(C(=O)OC)C(C)C)n1ccnc1. The van der Waals surface area contributed by atoms with Crippen molar-refractivity contribution in [3.8, 4) is 0 Å². The summed E-state index contributed by atoms with van der Waals surface area (Å²) >= 11 is 0. The highest BCUT2D eigenvalue weighted by molar-refractivity contribution is 5.84. The summed E-state index contributed by atoms with van der Waals surface area (Å²) in [5, 5.41) is 2.77. The molecule has 0 aliphatic rings. The Labute approximate surface area is 125 Å². The smallest absolute Gasteiger partial charge is 0.328 e. The maximum atomic E-state index is 12.2. The molecule has 0 spiro atoms. The molecule has 0 fully saturated rings. The minimum atomic E-state index is -0.604. The first-order chi connectivity index (χ1) is 9.99. The first-order valence-corrected chi connectivity index (χ1v) is 7.34. The summed E-state index contributed by atoms with van der Waals surface area (Å²) in [4.78, 5) is 27.9. The third-order valence-electron chi connectivity index (χ3n) is 3.43. The molecule has 21 heavy (non-hydrogen) atoms. The molecule has 0 saturated heterocycles. The van der Waals surface area contributed by atoms with Crippen LogP contribution in [-0.2, 0) is 14.3 Å². The Morgan fingerprint density at radius 1 is 1.38 bits per heavy atom. The van der Waals surface area contributed by atoms with Crippen molar-refractivity contribution in [3.05, 3.63) is 18.7 Å². The number of amides is 1. The highest BCUT2D eigenvalue weighted by Gasteiger charge is 2.26. The minimum absolute atomic E-state index is 0.0146. The van der Waals surface area contributed by atoms with E-state index in [1.54, 1.807) is 12.5 Å². The summed E-state index contributed by atoms with van der Waals surface area (Å²) < 4.78 is 6.67. The van der Waals surface area contributed by atoms with Crippen LogP contribution < -0.4 is 5.32 Å². The van der Waals surface area contributed by atoms with Crippen LogP contribution >= 0.6 is 0 Å². The van der Waals surface area contributed by atoms with E-state index >= 15 is 0 Å². The number of rotatable bonds is 8. The molecule has 2 unspecified atom stereocenters. The molecule has 0 bridgehead atoms. The molecule has 1 N–H and O–H groups in total. The van der Waals surface area contributed by atoms with Crippen LogP contribution in [0.5, 0.6) is 0 Å². The Morgan fingerprint density at radius 2 is 2.10 bits per heavy atom. The molecule has 6 heteroatoms. The van der Waals surface area contributed by atoms with Gasteiger partial charge in [0.25, 0.3) is 0 Å². The predicted octanol–water partition coefficient (Wildman–Crippen LogP) is 1.93. The number of hydrogen-bond donors (Lipinski definition) is 1. The van der Waals surface area contributed by atoms with E-state index in [1.165, 1.54) is 7.11 Å².